The van der Waals surface area contributed by atoms with Crippen molar-refractivity contribution in [2.75, 3.05) is 19.7 Å². The summed E-state index contributed by atoms with van der Waals surface area (Å²) in [7, 11) is 0. The number of nitrogens with one attached hydrogen (secondary N) is 1. The Balaban J connectivity index is 2.27. The lowest BCUT2D eigenvalue weighted by Gasteiger charge is -2.08. The van der Waals surface area contributed by atoms with Gasteiger partial charge in [-0.05, 0) is 37.0 Å². The molecule has 0 saturated carbocycles. The summed E-state index contributed by atoms with van der Waals surface area (Å²) in [6, 6.07) is 8.25. The molecular formula is C16H27N3O. The van der Waals surface area contributed by atoms with Crippen LogP contribution in [0.4, 0.5) is 0 Å². The van der Waals surface area contributed by atoms with Gasteiger partial charge in [-0.1, -0.05) is 32.4 Å². The van der Waals surface area contributed by atoms with Crippen molar-refractivity contribution in [3.05, 3.63) is 29.8 Å². The molecule has 0 aromatic heterocycles. The van der Waals surface area contributed by atoms with E-state index < -0.39 is 0 Å². The van der Waals surface area contributed by atoms with E-state index in [1.165, 1.54) is 5.56 Å². The van der Waals surface area contributed by atoms with Gasteiger partial charge in [-0.2, -0.15) is 0 Å². The van der Waals surface area contributed by atoms with Gasteiger partial charge in [0.1, 0.15) is 5.75 Å². The van der Waals surface area contributed by atoms with Crippen LogP contribution in [-0.4, -0.2) is 25.7 Å². The summed E-state index contributed by atoms with van der Waals surface area (Å²) in [5.74, 6) is 1.48. The number of ether oxygens (including phenoxy) is 1. The standard InChI is InChI=1S/C16H27N3O/c1-3-5-13-20-15-8-6-14(7-9-15)10-12-19-16(17)18-11-4-2/h6-9H,3-5,10-13H2,1-2H3,(H3,17,18,19). The maximum Gasteiger partial charge on any atom is 0.188 e. The van der Waals surface area contributed by atoms with Gasteiger partial charge in [0.25, 0.3) is 0 Å². The smallest absolute Gasteiger partial charge is 0.188 e. The van der Waals surface area contributed by atoms with Gasteiger partial charge in [0.15, 0.2) is 5.96 Å². The number of unbranched alkanes of at least 4 members (excludes halogenated alkanes) is 1. The van der Waals surface area contributed by atoms with Gasteiger partial charge >= 0.3 is 0 Å². The molecular weight excluding hydrogens is 250 g/mol. The SMILES string of the molecule is CCCCOc1ccc(CCNC(N)=NCCC)cc1. The van der Waals surface area contributed by atoms with E-state index in [1.54, 1.807) is 0 Å². The third kappa shape index (κ3) is 7.02. The van der Waals surface area contributed by atoms with E-state index in [-0.39, 0.29) is 0 Å². The maximum atomic E-state index is 5.73. The van der Waals surface area contributed by atoms with Crippen molar-refractivity contribution in [1.29, 1.82) is 0 Å². The van der Waals surface area contributed by atoms with Crippen LogP contribution in [0.1, 0.15) is 38.7 Å². The Bertz CT molecular complexity index is 387. The van der Waals surface area contributed by atoms with Gasteiger partial charge in [0.05, 0.1) is 6.61 Å². The molecule has 4 nitrogen and oxygen atoms in total. The van der Waals surface area contributed by atoms with Crippen molar-refractivity contribution in [2.45, 2.75) is 39.5 Å². The summed E-state index contributed by atoms with van der Waals surface area (Å²) in [5.41, 5.74) is 7.00. The van der Waals surface area contributed by atoms with Crippen LogP contribution >= 0.6 is 0 Å². The van der Waals surface area contributed by atoms with Crippen molar-refractivity contribution < 1.29 is 4.74 Å². The number of hydrogen-bond donors (Lipinski definition) is 2. The Morgan fingerprint density at radius 1 is 1.20 bits per heavy atom. The summed E-state index contributed by atoms with van der Waals surface area (Å²) in [5, 5.41) is 3.12. The van der Waals surface area contributed by atoms with E-state index in [2.05, 4.69) is 36.3 Å². The van der Waals surface area contributed by atoms with Crippen LogP contribution in [0.3, 0.4) is 0 Å². The molecule has 0 aliphatic carbocycles. The van der Waals surface area contributed by atoms with Gasteiger partial charge in [-0.15, -0.1) is 0 Å². The van der Waals surface area contributed by atoms with E-state index in [0.29, 0.717) is 5.96 Å². The average Bonchev–Trinajstić information content (AvgIpc) is 2.47. The van der Waals surface area contributed by atoms with Crippen LogP contribution in [0.5, 0.6) is 5.75 Å². The number of aliphatic imine (C=N–C) groups is 1. The van der Waals surface area contributed by atoms with Gasteiger partial charge in [-0.3, -0.25) is 4.99 Å². The van der Waals surface area contributed by atoms with Gasteiger partial charge < -0.3 is 15.8 Å². The lowest BCUT2D eigenvalue weighted by Crippen LogP contribution is -2.33. The second-order valence-electron chi connectivity index (χ2n) is 4.79. The van der Waals surface area contributed by atoms with Crippen molar-refractivity contribution in [2.24, 2.45) is 10.7 Å². The highest BCUT2D eigenvalue weighted by Crippen LogP contribution is 2.12. The summed E-state index contributed by atoms with van der Waals surface area (Å²) in [6.07, 6.45) is 4.20. The van der Waals surface area contributed by atoms with Crippen LogP contribution in [0.15, 0.2) is 29.3 Å². The Labute approximate surface area is 122 Å². The van der Waals surface area contributed by atoms with E-state index in [0.717, 1.165) is 51.1 Å². The number of rotatable bonds is 9. The molecule has 1 aromatic carbocycles. The lowest BCUT2D eigenvalue weighted by molar-refractivity contribution is 0.309. The van der Waals surface area contributed by atoms with E-state index in [4.69, 9.17) is 10.5 Å². The quantitative estimate of drug-likeness (QED) is 0.414. The Morgan fingerprint density at radius 2 is 1.95 bits per heavy atom. The van der Waals surface area contributed by atoms with Crippen molar-refractivity contribution in [3.8, 4) is 5.75 Å². The highest BCUT2D eigenvalue weighted by atomic mass is 16.5. The fraction of sp³-hybridized carbons (Fsp3) is 0.562. The summed E-state index contributed by atoms with van der Waals surface area (Å²) >= 11 is 0. The highest BCUT2D eigenvalue weighted by molar-refractivity contribution is 5.77. The number of benzene rings is 1. The molecule has 0 bridgehead atoms. The number of hydrogen-bond acceptors (Lipinski definition) is 2. The van der Waals surface area contributed by atoms with Gasteiger partial charge in [-0.25, -0.2) is 0 Å². The molecule has 0 aliphatic heterocycles. The second-order valence-corrected chi connectivity index (χ2v) is 4.79. The Kier molecular flexibility index (Phi) is 8.27. The first-order valence-corrected chi connectivity index (χ1v) is 7.51. The normalized spacial score (nSPS) is 11.4. The molecule has 4 heteroatoms. The van der Waals surface area contributed by atoms with E-state index in [9.17, 15) is 0 Å². The second kappa shape index (κ2) is 10.1. The van der Waals surface area contributed by atoms with Crippen molar-refractivity contribution in [1.82, 2.24) is 5.32 Å². The molecule has 3 N–H and O–H groups in total. The minimum Gasteiger partial charge on any atom is -0.494 e. The zero-order valence-corrected chi connectivity index (χ0v) is 12.7. The first kappa shape index (κ1) is 16.3. The zero-order valence-electron chi connectivity index (χ0n) is 12.7. The zero-order chi connectivity index (χ0) is 14.6. The minimum atomic E-state index is 0.534. The summed E-state index contributed by atoms with van der Waals surface area (Å²) in [4.78, 5) is 4.19. The predicted octanol–water partition coefficient (Wildman–Crippen LogP) is 2.72. The topological polar surface area (TPSA) is 59.6 Å². The van der Waals surface area contributed by atoms with Crippen LogP contribution in [0.25, 0.3) is 0 Å². The molecule has 20 heavy (non-hydrogen) atoms. The molecule has 112 valence electrons. The molecule has 0 aliphatic rings. The molecule has 0 radical (unpaired) electrons. The highest BCUT2D eigenvalue weighted by Gasteiger charge is 1.97. The maximum absolute atomic E-state index is 5.73. The Hall–Kier alpha value is -1.71. The third-order valence-corrected chi connectivity index (χ3v) is 2.92. The molecule has 0 spiro atoms. The van der Waals surface area contributed by atoms with Gasteiger partial charge in [0, 0.05) is 13.1 Å². The van der Waals surface area contributed by atoms with Gasteiger partial charge in [0.2, 0.25) is 0 Å². The average molecular weight is 277 g/mol. The Morgan fingerprint density at radius 3 is 2.60 bits per heavy atom. The molecule has 0 atom stereocenters. The van der Waals surface area contributed by atoms with Crippen molar-refractivity contribution >= 4 is 5.96 Å². The monoisotopic (exact) mass is 277 g/mol. The summed E-state index contributed by atoms with van der Waals surface area (Å²) in [6.45, 7) is 6.62. The van der Waals surface area contributed by atoms with Crippen LogP contribution in [-0.2, 0) is 6.42 Å². The third-order valence-electron chi connectivity index (χ3n) is 2.92. The first-order chi connectivity index (χ1) is 9.76. The minimum absolute atomic E-state index is 0.534. The fourth-order valence-electron chi connectivity index (χ4n) is 1.71. The van der Waals surface area contributed by atoms with Crippen LogP contribution < -0.4 is 15.8 Å². The number of nitrogens with two attached hydrogens (primary N) is 1. The van der Waals surface area contributed by atoms with Crippen molar-refractivity contribution in [3.63, 3.8) is 0 Å². The molecule has 0 heterocycles. The predicted molar refractivity (Wildman–Crippen MR) is 85.3 cm³/mol. The number of guanidine groups is 1. The first-order valence-electron chi connectivity index (χ1n) is 7.51. The molecule has 0 unspecified atom stereocenters. The van der Waals surface area contributed by atoms with Crippen LogP contribution in [0, 0.1) is 0 Å². The molecule has 0 fully saturated rings. The molecule has 0 saturated heterocycles. The van der Waals surface area contributed by atoms with E-state index in [1.807, 2.05) is 12.1 Å². The lowest BCUT2D eigenvalue weighted by atomic mass is 10.1. The van der Waals surface area contributed by atoms with E-state index >= 15 is 0 Å². The summed E-state index contributed by atoms with van der Waals surface area (Å²) < 4.78 is 5.63. The molecule has 1 rings (SSSR count). The fourth-order valence-corrected chi connectivity index (χ4v) is 1.71. The molecule has 1 aromatic rings. The largest absolute Gasteiger partial charge is 0.494 e. The van der Waals surface area contributed by atoms with Crippen LogP contribution in [0.2, 0.25) is 0 Å². The number of nitrogens with zero attached hydrogens (tertiary/aromatic N) is 1. The molecule has 0 amide bonds.